The summed E-state index contributed by atoms with van der Waals surface area (Å²) in [5, 5.41) is 13.3. The van der Waals surface area contributed by atoms with E-state index in [-0.39, 0.29) is 11.4 Å². The van der Waals surface area contributed by atoms with Crippen LogP contribution in [0.3, 0.4) is 0 Å². The van der Waals surface area contributed by atoms with Gasteiger partial charge in [0.2, 0.25) is 0 Å². The van der Waals surface area contributed by atoms with Crippen molar-refractivity contribution < 1.29 is 14.3 Å². The molecule has 92 valence electrons. The molecule has 1 saturated carbocycles. The summed E-state index contributed by atoms with van der Waals surface area (Å²) in [6, 6.07) is 2.79. The molecule has 0 spiro atoms. The fraction of sp³-hybridized carbons (Fsp3) is 0.250. The van der Waals surface area contributed by atoms with Crippen molar-refractivity contribution in [3.05, 3.63) is 41.6 Å². The van der Waals surface area contributed by atoms with E-state index >= 15 is 0 Å². The summed E-state index contributed by atoms with van der Waals surface area (Å²) in [5.74, 6) is -1.29. The summed E-state index contributed by atoms with van der Waals surface area (Å²) < 4.78 is 14.4. The van der Waals surface area contributed by atoms with Crippen molar-refractivity contribution in [2.75, 3.05) is 0 Å². The molecule has 1 aliphatic rings. The number of rotatable bonds is 3. The molecule has 1 aliphatic carbocycles. The van der Waals surface area contributed by atoms with Crippen LogP contribution in [0.15, 0.2) is 24.5 Å². The molecule has 1 N–H and O–H groups in total. The fourth-order valence-corrected chi connectivity index (χ4v) is 1.82. The number of aromatic carboxylic acids is 1. The zero-order chi connectivity index (χ0) is 12.7. The van der Waals surface area contributed by atoms with Gasteiger partial charge in [0.25, 0.3) is 0 Å². The second kappa shape index (κ2) is 3.90. The Labute approximate surface area is 102 Å². The SMILES string of the molecule is O=C(O)c1cc(F)cnc1-n1ccc(C2CC2)n1. The van der Waals surface area contributed by atoms with Crippen molar-refractivity contribution in [3.63, 3.8) is 0 Å². The van der Waals surface area contributed by atoms with Crippen LogP contribution in [0.5, 0.6) is 0 Å². The molecule has 0 bridgehead atoms. The molecule has 0 aromatic carbocycles. The Bertz CT molecular complexity index is 620. The van der Waals surface area contributed by atoms with Gasteiger partial charge in [-0.3, -0.25) is 0 Å². The number of hydrogen-bond acceptors (Lipinski definition) is 3. The van der Waals surface area contributed by atoms with Crippen LogP contribution in [0.1, 0.15) is 34.8 Å². The molecule has 6 heteroatoms. The van der Waals surface area contributed by atoms with Crippen LogP contribution in [0, 0.1) is 5.82 Å². The van der Waals surface area contributed by atoms with Crippen molar-refractivity contribution in [1.82, 2.24) is 14.8 Å². The maximum Gasteiger partial charge on any atom is 0.339 e. The predicted molar refractivity (Wildman–Crippen MR) is 60.3 cm³/mol. The molecule has 0 atom stereocenters. The van der Waals surface area contributed by atoms with E-state index in [0.29, 0.717) is 5.92 Å². The van der Waals surface area contributed by atoms with Gasteiger partial charge in [0, 0.05) is 12.1 Å². The molecule has 2 aromatic heterocycles. The predicted octanol–water partition coefficient (Wildman–Crippen LogP) is 1.98. The van der Waals surface area contributed by atoms with Crippen LogP contribution < -0.4 is 0 Å². The van der Waals surface area contributed by atoms with Gasteiger partial charge in [0.05, 0.1) is 11.9 Å². The van der Waals surface area contributed by atoms with Gasteiger partial charge in [-0.05, 0) is 25.0 Å². The highest BCUT2D eigenvalue weighted by Gasteiger charge is 2.26. The van der Waals surface area contributed by atoms with Gasteiger partial charge in [0.1, 0.15) is 11.4 Å². The molecular formula is C12H10FN3O2. The molecule has 0 aliphatic heterocycles. The third-order valence-electron chi connectivity index (χ3n) is 2.89. The highest BCUT2D eigenvalue weighted by atomic mass is 19.1. The number of pyridine rings is 1. The molecule has 3 rings (SSSR count). The van der Waals surface area contributed by atoms with E-state index in [1.54, 1.807) is 6.20 Å². The first kappa shape index (κ1) is 10.9. The summed E-state index contributed by atoms with van der Waals surface area (Å²) in [4.78, 5) is 14.9. The minimum Gasteiger partial charge on any atom is -0.478 e. The van der Waals surface area contributed by atoms with Crippen molar-refractivity contribution in [2.45, 2.75) is 18.8 Å². The number of carboxylic acid groups (broad SMARTS) is 1. The second-order valence-electron chi connectivity index (χ2n) is 4.29. The van der Waals surface area contributed by atoms with Crippen molar-refractivity contribution >= 4 is 5.97 Å². The first-order valence-electron chi connectivity index (χ1n) is 5.60. The average molecular weight is 247 g/mol. The first-order chi connectivity index (χ1) is 8.65. The Morgan fingerprint density at radius 1 is 1.50 bits per heavy atom. The number of hydrogen-bond donors (Lipinski definition) is 1. The van der Waals surface area contributed by atoms with Gasteiger partial charge in [0.15, 0.2) is 5.82 Å². The molecule has 5 nitrogen and oxygen atoms in total. The quantitative estimate of drug-likeness (QED) is 0.900. The molecule has 0 amide bonds. The van der Waals surface area contributed by atoms with Gasteiger partial charge >= 0.3 is 5.97 Å². The molecule has 2 heterocycles. The van der Waals surface area contributed by atoms with Crippen LogP contribution >= 0.6 is 0 Å². The Morgan fingerprint density at radius 2 is 2.28 bits per heavy atom. The van der Waals surface area contributed by atoms with Gasteiger partial charge < -0.3 is 5.11 Å². The summed E-state index contributed by atoms with van der Waals surface area (Å²) in [7, 11) is 0. The lowest BCUT2D eigenvalue weighted by molar-refractivity contribution is 0.0695. The average Bonchev–Trinajstić information content (AvgIpc) is 3.08. The number of halogens is 1. The third kappa shape index (κ3) is 1.85. The molecular weight excluding hydrogens is 237 g/mol. The number of carbonyl (C=O) groups is 1. The van der Waals surface area contributed by atoms with E-state index < -0.39 is 11.8 Å². The van der Waals surface area contributed by atoms with E-state index in [0.717, 1.165) is 30.8 Å². The Kier molecular flexibility index (Phi) is 2.36. The second-order valence-corrected chi connectivity index (χ2v) is 4.29. The van der Waals surface area contributed by atoms with Crippen LogP contribution in [-0.2, 0) is 0 Å². The Balaban J connectivity index is 2.06. The van der Waals surface area contributed by atoms with Gasteiger partial charge in [-0.15, -0.1) is 0 Å². The molecule has 2 aromatic rings. The maximum absolute atomic E-state index is 13.0. The van der Waals surface area contributed by atoms with E-state index in [1.165, 1.54) is 4.68 Å². The zero-order valence-corrected chi connectivity index (χ0v) is 9.38. The van der Waals surface area contributed by atoms with Gasteiger partial charge in [-0.25, -0.2) is 18.9 Å². The van der Waals surface area contributed by atoms with Crippen molar-refractivity contribution in [1.29, 1.82) is 0 Å². The topological polar surface area (TPSA) is 68.0 Å². The van der Waals surface area contributed by atoms with E-state index in [1.807, 2.05) is 6.07 Å². The van der Waals surface area contributed by atoms with Gasteiger partial charge in [-0.1, -0.05) is 0 Å². The summed E-state index contributed by atoms with van der Waals surface area (Å²) >= 11 is 0. The standard InChI is InChI=1S/C12H10FN3O2/c13-8-5-9(12(17)18)11(14-6-8)16-4-3-10(15-16)7-1-2-7/h3-7H,1-2H2,(H,17,18). The lowest BCUT2D eigenvalue weighted by Gasteiger charge is -2.04. The number of nitrogens with zero attached hydrogens (tertiary/aromatic N) is 3. The Hall–Kier alpha value is -2.24. The third-order valence-corrected chi connectivity index (χ3v) is 2.89. The highest BCUT2D eigenvalue weighted by Crippen LogP contribution is 2.39. The minimum absolute atomic E-state index is 0.135. The Morgan fingerprint density at radius 3 is 2.94 bits per heavy atom. The summed E-state index contributed by atoms with van der Waals surface area (Å²) in [5.41, 5.74) is 0.734. The molecule has 18 heavy (non-hydrogen) atoms. The molecule has 0 unspecified atom stereocenters. The summed E-state index contributed by atoms with van der Waals surface area (Å²) in [6.45, 7) is 0. The molecule has 0 saturated heterocycles. The zero-order valence-electron chi connectivity index (χ0n) is 9.38. The normalized spacial score (nSPS) is 14.7. The van der Waals surface area contributed by atoms with E-state index in [2.05, 4.69) is 10.1 Å². The monoisotopic (exact) mass is 247 g/mol. The van der Waals surface area contributed by atoms with Crippen LogP contribution in [-0.4, -0.2) is 25.8 Å². The maximum atomic E-state index is 13.0. The smallest absolute Gasteiger partial charge is 0.339 e. The first-order valence-corrected chi connectivity index (χ1v) is 5.60. The minimum atomic E-state index is -1.22. The number of aromatic nitrogens is 3. The van der Waals surface area contributed by atoms with E-state index in [9.17, 15) is 9.18 Å². The summed E-state index contributed by atoms with van der Waals surface area (Å²) in [6.07, 6.45) is 4.86. The number of carboxylic acids is 1. The van der Waals surface area contributed by atoms with Crippen LogP contribution in [0.2, 0.25) is 0 Å². The lowest BCUT2D eigenvalue weighted by Crippen LogP contribution is -2.09. The van der Waals surface area contributed by atoms with E-state index in [4.69, 9.17) is 5.11 Å². The molecule has 0 radical (unpaired) electrons. The van der Waals surface area contributed by atoms with Gasteiger partial charge in [-0.2, -0.15) is 5.10 Å². The molecule has 1 fully saturated rings. The van der Waals surface area contributed by atoms with Crippen molar-refractivity contribution in [3.8, 4) is 5.82 Å². The lowest BCUT2D eigenvalue weighted by atomic mass is 10.2. The fourth-order valence-electron chi connectivity index (χ4n) is 1.82. The largest absolute Gasteiger partial charge is 0.478 e. The van der Waals surface area contributed by atoms with Crippen molar-refractivity contribution in [2.24, 2.45) is 0 Å². The van der Waals surface area contributed by atoms with Crippen LogP contribution in [0.4, 0.5) is 4.39 Å². The van der Waals surface area contributed by atoms with Crippen LogP contribution in [0.25, 0.3) is 5.82 Å². The highest BCUT2D eigenvalue weighted by molar-refractivity contribution is 5.91.